The van der Waals surface area contributed by atoms with Crippen molar-refractivity contribution in [1.29, 1.82) is 0 Å². The Morgan fingerprint density at radius 3 is 2.52 bits per heavy atom. The van der Waals surface area contributed by atoms with Crippen molar-refractivity contribution in [3.63, 3.8) is 0 Å². The van der Waals surface area contributed by atoms with Gasteiger partial charge in [0.2, 0.25) is 11.8 Å². The SMILES string of the molecule is CCN(CC)C(=O)C1CCN(CC(=O)Nc2cc(Cl)ccc2F)CC1. The standard InChI is InChI=1S/C18H25ClFN3O2/c1-3-23(4-2)18(25)13-7-9-22(10-8-13)12-17(24)21-16-11-14(19)5-6-15(16)20/h5-6,11,13H,3-4,7-10,12H2,1-2H3,(H,21,24). The number of anilines is 1. The van der Waals surface area contributed by atoms with Gasteiger partial charge in [-0.3, -0.25) is 14.5 Å². The molecular weight excluding hydrogens is 345 g/mol. The molecule has 1 N–H and O–H groups in total. The first-order chi connectivity index (χ1) is 11.9. The zero-order chi connectivity index (χ0) is 18.4. The van der Waals surface area contributed by atoms with Gasteiger partial charge in [0.1, 0.15) is 5.82 Å². The molecule has 5 nitrogen and oxygen atoms in total. The first kappa shape index (κ1) is 19.7. The van der Waals surface area contributed by atoms with Crippen LogP contribution in [0.4, 0.5) is 10.1 Å². The molecule has 25 heavy (non-hydrogen) atoms. The number of carbonyl (C=O) groups is 2. The third-order valence-corrected chi connectivity index (χ3v) is 4.82. The maximum absolute atomic E-state index is 13.7. The van der Waals surface area contributed by atoms with E-state index in [-0.39, 0.29) is 30.0 Å². The Kier molecular flexibility index (Phi) is 7.20. The van der Waals surface area contributed by atoms with E-state index in [4.69, 9.17) is 11.6 Å². The molecule has 0 radical (unpaired) electrons. The summed E-state index contributed by atoms with van der Waals surface area (Å²) in [5, 5.41) is 2.92. The minimum atomic E-state index is -0.513. The average Bonchev–Trinajstić information content (AvgIpc) is 2.59. The summed E-state index contributed by atoms with van der Waals surface area (Å²) in [4.78, 5) is 28.3. The van der Waals surface area contributed by atoms with Gasteiger partial charge < -0.3 is 10.2 Å². The zero-order valence-electron chi connectivity index (χ0n) is 14.7. The van der Waals surface area contributed by atoms with E-state index < -0.39 is 5.82 Å². The second-order valence-electron chi connectivity index (χ2n) is 6.23. The fourth-order valence-electron chi connectivity index (χ4n) is 3.12. The van der Waals surface area contributed by atoms with E-state index in [1.807, 2.05) is 23.6 Å². The Morgan fingerprint density at radius 2 is 1.92 bits per heavy atom. The number of amides is 2. The molecular formula is C18H25ClFN3O2. The molecule has 2 amide bonds. The molecule has 7 heteroatoms. The third-order valence-electron chi connectivity index (χ3n) is 4.58. The van der Waals surface area contributed by atoms with Crippen LogP contribution in [0.5, 0.6) is 0 Å². The van der Waals surface area contributed by atoms with Crippen LogP contribution in [0.2, 0.25) is 5.02 Å². The van der Waals surface area contributed by atoms with Crippen molar-refractivity contribution in [2.45, 2.75) is 26.7 Å². The minimum Gasteiger partial charge on any atom is -0.343 e. The van der Waals surface area contributed by atoms with Crippen molar-refractivity contribution in [1.82, 2.24) is 9.80 Å². The highest BCUT2D eigenvalue weighted by Crippen LogP contribution is 2.21. The average molecular weight is 370 g/mol. The van der Waals surface area contributed by atoms with Crippen molar-refractivity contribution >= 4 is 29.1 Å². The van der Waals surface area contributed by atoms with Crippen LogP contribution in [0.25, 0.3) is 0 Å². The predicted octanol–water partition coefficient (Wildman–Crippen LogP) is 3.00. The summed E-state index contributed by atoms with van der Waals surface area (Å²) in [7, 11) is 0. The van der Waals surface area contributed by atoms with Gasteiger partial charge in [0.25, 0.3) is 0 Å². The van der Waals surface area contributed by atoms with Crippen LogP contribution in [-0.4, -0.2) is 54.3 Å². The molecule has 0 aliphatic carbocycles. The molecule has 0 spiro atoms. The van der Waals surface area contributed by atoms with E-state index in [1.165, 1.54) is 18.2 Å². The van der Waals surface area contributed by atoms with Gasteiger partial charge in [-0.05, 0) is 58.0 Å². The number of carbonyl (C=O) groups excluding carboxylic acids is 2. The van der Waals surface area contributed by atoms with E-state index >= 15 is 0 Å². The van der Waals surface area contributed by atoms with E-state index in [0.717, 1.165) is 25.9 Å². The van der Waals surface area contributed by atoms with Crippen molar-refractivity contribution in [3.05, 3.63) is 29.0 Å². The van der Waals surface area contributed by atoms with Crippen molar-refractivity contribution in [3.8, 4) is 0 Å². The smallest absolute Gasteiger partial charge is 0.238 e. The molecule has 2 rings (SSSR count). The van der Waals surface area contributed by atoms with Gasteiger partial charge in [-0.15, -0.1) is 0 Å². The molecule has 1 aliphatic heterocycles. The minimum absolute atomic E-state index is 0.0320. The van der Waals surface area contributed by atoms with Gasteiger partial charge in [0.05, 0.1) is 12.2 Å². The molecule has 138 valence electrons. The van der Waals surface area contributed by atoms with E-state index in [9.17, 15) is 14.0 Å². The van der Waals surface area contributed by atoms with Gasteiger partial charge >= 0.3 is 0 Å². The van der Waals surface area contributed by atoms with Crippen LogP contribution >= 0.6 is 11.6 Å². The quantitative estimate of drug-likeness (QED) is 0.838. The monoisotopic (exact) mass is 369 g/mol. The Morgan fingerprint density at radius 1 is 1.28 bits per heavy atom. The maximum Gasteiger partial charge on any atom is 0.238 e. The molecule has 1 saturated heterocycles. The lowest BCUT2D eigenvalue weighted by atomic mass is 9.95. The number of likely N-dealkylation sites (tertiary alicyclic amines) is 1. The Labute approximate surface area is 153 Å². The maximum atomic E-state index is 13.7. The van der Waals surface area contributed by atoms with E-state index in [0.29, 0.717) is 18.1 Å². The van der Waals surface area contributed by atoms with Crippen LogP contribution < -0.4 is 5.32 Å². The lowest BCUT2D eigenvalue weighted by Crippen LogP contribution is -2.44. The molecule has 0 bridgehead atoms. The molecule has 1 heterocycles. The van der Waals surface area contributed by atoms with Gasteiger partial charge in [-0.2, -0.15) is 0 Å². The van der Waals surface area contributed by atoms with Gasteiger partial charge in [0, 0.05) is 24.0 Å². The molecule has 0 atom stereocenters. The highest BCUT2D eigenvalue weighted by Gasteiger charge is 2.28. The normalized spacial score (nSPS) is 15.8. The zero-order valence-corrected chi connectivity index (χ0v) is 15.5. The van der Waals surface area contributed by atoms with Crippen molar-refractivity contribution < 1.29 is 14.0 Å². The predicted molar refractivity (Wildman–Crippen MR) is 97.1 cm³/mol. The Balaban J connectivity index is 1.82. The lowest BCUT2D eigenvalue weighted by Gasteiger charge is -2.33. The number of nitrogens with one attached hydrogen (secondary N) is 1. The molecule has 1 aromatic rings. The summed E-state index contributed by atoms with van der Waals surface area (Å²) in [5.74, 6) is -0.560. The number of benzene rings is 1. The lowest BCUT2D eigenvalue weighted by molar-refractivity contribution is -0.136. The van der Waals surface area contributed by atoms with Crippen LogP contribution in [-0.2, 0) is 9.59 Å². The topological polar surface area (TPSA) is 52.7 Å². The van der Waals surface area contributed by atoms with Gasteiger partial charge in [-0.25, -0.2) is 4.39 Å². The van der Waals surface area contributed by atoms with Crippen LogP contribution in [0.15, 0.2) is 18.2 Å². The first-order valence-corrected chi connectivity index (χ1v) is 9.08. The fourth-order valence-corrected chi connectivity index (χ4v) is 3.29. The van der Waals surface area contributed by atoms with Crippen LogP contribution in [0.1, 0.15) is 26.7 Å². The summed E-state index contributed by atoms with van der Waals surface area (Å²) in [6.07, 6.45) is 1.49. The summed E-state index contributed by atoms with van der Waals surface area (Å²) < 4.78 is 13.7. The third kappa shape index (κ3) is 5.41. The highest BCUT2D eigenvalue weighted by atomic mass is 35.5. The van der Waals surface area contributed by atoms with Crippen molar-refractivity contribution in [2.24, 2.45) is 5.92 Å². The second kappa shape index (κ2) is 9.15. The number of halogens is 2. The number of hydrogen-bond donors (Lipinski definition) is 1. The van der Waals surface area contributed by atoms with E-state index in [2.05, 4.69) is 5.32 Å². The molecule has 0 unspecified atom stereocenters. The second-order valence-corrected chi connectivity index (χ2v) is 6.67. The number of nitrogens with zero attached hydrogens (tertiary/aromatic N) is 2. The molecule has 1 aromatic carbocycles. The molecule has 1 fully saturated rings. The van der Waals surface area contributed by atoms with Gasteiger partial charge in [0.15, 0.2) is 0 Å². The summed E-state index contributed by atoms with van der Waals surface area (Å²) >= 11 is 5.82. The van der Waals surface area contributed by atoms with Crippen molar-refractivity contribution in [2.75, 3.05) is 38.0 Å². The first-order valence-electron chi connectivity index (χ1n) is 8.70. The van der Waals surface area contributed by atoms with Gasteiger partial charge in [-0.1, -0.05) is 11.6 Å². The highest BCUT2D eigenvalue weighted by molar-refractivity contribution is 6.30. The fraction of sp³-hybridized carbons (Fsp3) is 0.556. The number of piperidine rings is 1. The number of rotatable bonds is 6. The molecule has 0 saturated carbocycles. The van der Waals surface area contributed by atoms with Crippen LogP contribution in [0.3, 0.4) is 0 Å². The van der Waals surface area contributed by atoms with Crippen LogP contribution in [0, 0.1) is 11.7 Å². The summed E-state index contributed by atoms with van der Waals surface area (Å²) in [6.45, 7) is 6.96. The van der Waals surface area contributed by atoms with E-state index in [1.54, 1.807) is 0 Å². The Hall–Kier alpha value is -1.66. The molecule has 1 aliphatic rings. The molecule has 0 aromatic heterocycles. The summed E-state index contributed by atoms with van der Waals surface area (Å²) in [6, 6.07) is 4.05. The largest absolute Gasteiger partial charge is 0.343 e. The number of hydrogen-bond acceptors (Lipinski definition) is 3. The summed E-state index contributed by atoms with van der Waals surface area (Å²) in [5.41, 5.74) is 0.0871. The Bertz CT molecular complexity index is 614.